The summed E-state index contributed by atoms with van der Waals surface area (Å²) in [5.41, 5.74) is 7.40. The molecule has 20 heavy (non-hydrogen) atoms. The van der Waals surface area contributed by atoms with Gasteiger partial charge in [0, 0.05) is 42.5 Å². The van der Waals surface area contributed by atoms with Gasteiger partial charge in [-0.05, 0) is 31.2 Å². The second-order valence-corrected chi connectivity index (χ2v) is 5.41. The van der Waals surface area contributed by atoms with Crippen LogP contribution < -0.4 is 10.6 Å². The van der Waals surface area contributed by atoms with Crippen LogP contribution in [0.15, 0.2) is 23.4 Å². The standard InChI is InChI=1S/C14H21ClN4O/c1-2-5-18-6-8-19(9-7-18)13-10-11(15)3-4-12(13)14(16)17-20/h3-4,10,20H,2,5-9H2,1H3,(H2,16,17). The Morgan fingerprint density at radius 2 is 2.05 bits per heavy atom. The topological polar surface area (TPSA) is 65.1 Å². The van der Waals surface area contributed by atoms with Crippen LogP contribution in [-0.2, 0) is 0 Å². The van der Waals surface area contributed by atoms with Crippen LogP contribution in [0.25, 0.3) is 0 Å². The van der Waals surface area contributed by atoms with Crippen LogP contribution in [0, 0.1) is 0 Å². The van der Waals surface area contributed by atoms with Gasteiger partial charge in [0.25, 0.3) is 0 Å². The van der Waals surface area contributed by atoms with Gasteiger partial charge in [0.05, 0.1) is 0 Å². The molecule has 0 aromatic heterocycles. The molecule has 2 rings (SSSR count). The maximum absolute atomic E-state index is 8.90. The number of amidine groups is 1. The molecular formula is C14H21ClN4O. The summed E-state index contributed by atoms with van der Waals surface area (Å²) >= 11 is 6.08. The minimum absolute atomic E-state index is 0.118. The van der Waals surface area contributed by atoms with Gasteiger partial charge in [-0.15, -0.1) is 0 Å². The van der Waals surface area contributed by atoms with E-state index < -0.39 is 0 Å². The van der Waals surface area contributed by atoms with E-state index in [1.165, 1.54) is 6.42 Å². The lowest BCUT2D eigenvalue weighted by Gasteiger charge is -2.36. The predicted octanol–water partition coefficient (Wildman–Crippen LogP) is 1.97. The van der Waals surface area contributed by atoms with E-state index in [9.17, 15) is 0 Å². The second-order valence-electron chi connectivity index (χ2n) is 4.98. The lowest BCUT2D eigenvalue weighted by atomic mass is 10.1. The average Bonchev–Trinajstić information content (AvgIpc) is 2.47. The molecule has 0 unspecified atom stereocenters. The van der Waals surface area contributed by atoms with Gasteiger partial charge in [0.15, 0.2) is 5.84 Å². The van der Waals surface area contributed by atoms with Gasteiger partial charge < -0.3 is 15.8 Å². The lowest BCUT2D eigenvalue weighted by Crippen LogP contribution is -2.47. The predicted molar refractivity (Wildman–Crippen MR) is 82.9 cm³/mol. The molecule has 1 aromatic carbocycles. The maximum Gasteiger partial charge on any atom is 0.172 e. The Hall–Kier alpha value is -1.46. The number of nitrogens with two attached hydrogens (primary N) is 1. The van der Waals surface area contributed by atoms with E-state index in [0.29, 0.717) is 5.02 Å². The summed E-state index contributed by atoms with van der Waals surface area (Å²) in [5, 5.41) is 12.7. The normalized spacial score (nSPS) is 17.5. The molecule has 0 saturated carbocycles. The van der Waals surface area contributed by atoms with Crippen LogP contribution in [0.2, 0.25) is 5.02 Å². The van der Waals surface area contributed by atoms with Crippen molar-refractivity contribution in [3.05, 3.63) is 28.8 Å². The van der Waals surface area contributed by atoms with E-state index in [4.69, 9.17) is 22.5 Å². The Balaban J connectivity index is 2.18. The van der Waals surface area contributed by atoms with Crippen LogP contribution in [0.4, 0.5) is 5.69 Å². The molecule has 1 saturated heterocycles. The van der Waals surface area contributed by atoms with Crippen LogP contribution in [0.1, 0.15) is 18.9 Å². The van der Waals surface area contributed by atoms with Gasteiger partial charge in [-0.3, -0.25) is 4.90 Å². The Labute approximate surface area is 124 Å². The Kier molecular flexibility index (Phi) is 5.09. The van der Waals surface area contributed by atoms with Crippen molar-refractivity contribution < 1.29 is 5.21 Å². The van der Waals surface area contributed by atoms with Gasteiger partial charge in [0.2, 0.25) is 0 Å². The number of anilines is 1. The van der Waals surface area contributed by atoms with Gasteiger partial charge in [-0.1, -0.05) is 23.7 Å². The third-order valence-electron chi connectivity index (χ3n) is 3.60. The van der Waals surface area contributed by atoms with E-state index in [0.717, 1.165) is 44.0 Å². The second kappa shape index (κ2) is 6.81. The molecule has 3 N–H and O–H groups in total. The fourth-order valence-corrected chi connectivity index (χ4v) is 2.73. The number of rotatable bonds is 4. The highest BCUT2D eigenvalue weighted by molar-refractivity contribution is 6.31. The first-order chi connectivity index (χ1) is 9.65. The third kappa shape index (κ3) is 3.35. The first kappa shape index (κ1) is 14.9. The van der Waals surface area contributed by atoms with Gasteiger partial charge in [0.1, 0.15) is 0 Å². The number of halogens is 1. The molecule has 0 aliphatic carbocycles. The molecule has 1 heterocycles. The Morgan fingerprint density at radius 3 is 2.65 bits per heavy atom. The summed E-state index contributed by atoms with van der Waals surface area (Å²) in [6.07, 6.45) is 1.17. The van der Waals surface area contributed by atoms with Crippen LogP contribution >= 0.6 is 11.6 Å². The Bertz CT molecular complexity index is 484. The zero-order valence-electron chi connectivity index (χ0n) is 11.7. The molecule has 5 nitrogen and oxygen atoms in total. The number of piperazine rings is 1. The van der Waals surface area contributed by atoms with E-state index in [1.54, 1.807) is 12.1 Å². The van der Waals surface area contributed by atoms with E-state index in [-0.39, 0.29) is 5.84 Å². The van der Waals surface area contributed by atoms with Crippen molar-refractivity contribution in [2.75, 3.05) is 37.6 Å². The monoisotopic (exact) mass is 296 g/mol. The summed E-state index contributed by atoms with van der Waals surface area (Å²) in [6.45, 7) is 7.22. The lowest BCUT2D eigenvalue weighted by molar-refractivity contribution is 0.258. The number of hydrogen-bond acceptors (Lipinski definition) is 4. The Morgan fingerprint density at radius 1 is 1.35 bits per heavy atom. The molecule has 1 aliphatic rings. The van der Waals surface area contributed by atoms with Crippen LogP contribution in [0.3, 0.4) is 0 Å². The first-order valence-corrected chi connectivity index (χ1v) is 7.28. The number of hydrogen-bond donors (Lipinski definition) is 2. The molecule has 1 aromatic rings. The summed E-state index contributed by atoms with van der Waals surface area (Å²) in [4.78, 5) is 4.69. The van der Waals surface area contributed by atoms with Gasteiger partial charge in [-0.25, -0.2) is 0 Å². The van der Waals surface area contributed by atoms with Crippen molar-refractivity contribution >= 4 is 23.1 Å². The van der Waals surface area contributed by atoms with E-state index >= 15 is 0 Å². The van der Waals surface area contributed by atoms with Crippen LogP contribution in [-0.4, -0.2) is 48.7 Å². The average molecular weight is 297 g/mol. The molecule has 0 amide bonds. The molecule has 1 fully saturated rings. The number of oxime groups is 1. The smallest absolute Gasteiger partial charge is 0.172 e. The summed E-state index contributed by atoms with van der Waals surface area (Å²) < 4.78 is 0. The molecular weight excluding hydrogens is 276 g/mol. The quantitative estimate of drug-likeness (QED) is 0.386. The fourth-order valence-electron chi connectivity index (χ4n) is 2.57. The number of benzene rings is 1. The summed E-state index contributed by atoms with van der Waals surface area (Å²) in [7, 11) is 0. The molecule has 0 atom stereocenters. The molecule has 0 spiro atoms. The summed E-state index contributed by atoms with van der Waals surface area (Å²) in [5.74, 6) is 0.118. The largest absolute Gasteiger partial charge is 0.409 e. The molecule has 0 radical (unpaired) electrons. The maximum atomic E-state index is 8.90. The molecule has 0 bridgehead atoms. The number of nitrogens with zero attached hydrogens (tertiary/aromatic N) is 3. The van der Waals surface area contributed by atoms with E-state index in [1.807, 2.05) is 6.07 Å². The van der Waals surface area contributed by atoms with Crippen molar-refractivity contribution in [1.29, 1.82) is 0 Å². The van der Waals surface area contributed by atoms with E-state index in [2.05, 4.69) is 21.9 Å². The highest BCUT2D eigenvalue weighted by atomic mass is 35.5. The SMILES string of the molecule is CCCN1CCN(c2cc(Cl)ccc2C(N)=NO)CC1. The third-order valence-corrected chi connectivity index (χ3v) is 3.83. The molecule has 6 heteroatoms. The molecule has 110 valence electrons. The fraction of sp³-hybridized carbons (Fsp3) is 0.500. The highest BCUT2D eigenvalue weighted by Crippen LogP contribution is 2.26. The minimum Gasteiger partial charge on any atom is -0.409 e. The van der Waals surface area contributed by atoms with Crippen molar-refractivity contribution in [1.82, 2.24) is 4.90 Å². The first-order valence-electron chi connectivity index (χ1n) is 6.90. The van der Waals surface area contributed by atoms with Crippen molar-refractivity contribution in [3.8, 4) is 0 Å². The van der Waals surface area contributed by atoms with Gasteiger partial charge >= 0.3 is 0 Å². The summed E-state index contributed by atoms with van der Waals surface area (Å²) in [6, 6.07) is 5.43. The zero-order valence-corrected chi connectivity index (χ0v) is 12.5. The van der Waals surface area contributed by atoms with Crippen molar-refractivity contribution in [2.24, 2.45) is 10.9 Å². The highest BCUT2D eigenvalue weighted by Gasteiger charge is 2.20. The van der Waals surface area contributed by atoms with Crippen LogP contribution in [0.5, 0.6) is 0 Å². The van der Waals surface area contributed by atoms with Crippen molar-refractivity contribution in [2.45, 2.75) is 13.3 Å². The minimum atomic E-state index is 0.118. The molecule has 1 aliphatic heterocycles. The van der Waals surface area contributed by atoms with Crippen molar-refractivity contribution in [3.63, 3.8) is 0 Å². The zero-order chi connectivity index (χ0) is 14.5. The van der Waals surface area contributed by atoms with Gasteiger partial charge in [-0.2, -0.15) is 0 Å².